The zero-order valence-electron chi connectivity index (χ0n) is 12.2. The summed E-state index contributed by atoms with van der Waals surface area (Å²) in [6, 6.07) is 0.186. The minimum Gasteiger partial charge on any atom is -0.353 e. The van der Waals surface area contributed by atoms with Gasteiger partial charge in [0.15, 0.2) is 11.5 Å². The lowest BCUT2D eigenvalue weighted by atomic mass is 10.1. The molecule has 1 unspecified atom stereocenters. The van der Waals surface area contributed by atoms with Crippen molar-refractivity contribution in [2.75, 3.05) is 18.0 Å². The standard InChI is InChI=1S/C14H20N6O/c1-2-4-11(21)19-10-5-3-6-20(7-10)14-12-13(16-8-15-12)17-9-18-14/h8-10H,2-7H2,1H3,(H,19,21)(H,15,16,17,18). The number of carbonyl (C=O) groups excluding carboxylic acids is 1. The maximum atomic E-state index is 11.8. The molecule has 1 amide bonds. The van der Waals surface area contributed by atoms with Gasteiger partial charge in [-0.05, 0) is 19.3 Å². The summed E-state index contributed by atoms with van der Waals surface area (Å²) >= 11 is 0. The van der Waals surface area contributed by atoms with E-state index in [1.807, 2.05) is 6.92 Å². The zero-order chi connectivity index (χ0) is 14.7. The molecule has 0 radical (unpaired) electrons. The molecule has 7 heteroatoms. The van der Waals surface area contributed by atoms with Crippen molar-refractivity contribution in [3.8, 4) is 0 Å². The molecular weight excluding hydrogens is 268 g/mol. The molecule has 1 atom stereocenters. The van der Waals surface area contributed by atoms with Gasteiger partial charge < -0.3 is 15.2 Å². The van der Waals surface area contributed by atoms with Gasteiger partial charge in [-0.1, -0.05) is 6.92 Å². The second-order valence-electron chi connectivity index (χ2n) is 5.40. The number of nitrogens with zero attached hydrogens (tertiary/aromatic N) is 4. The molecule has 0 aromatic carbocycles. The molecule has 112 valence electrons. The fourth-order valence-electron chi connectivity index (χ4n) is 2.81. The van der Waals surface area contributed by atoms with Crippen molar-refractivity contribution in [3.63, 3.8) is 0 Å². The summed E-state index contributed by atoms with van der Waals surface area (Å²) in [6.45, 7) is 3.73. The summed E-state index contributed by atoms with van der Waals surface area (Å²) < 4.78 is 0. The van der Waals surface area contributed by atoms with Crippen LogP contribution in [0.5, 0.6) is 0 Å². The van der Waals surface area contributed by atoms with Gasteiger partial charge in [0.1, 0.15) is 11.8 Å². The molecule has 1 saturated heterocycles. The summed E-state index contributed by atoms with van der Waals surface area (Å²) in [5, 5.41) is 3.11. The predicted octanol–water partition coefficient (Wildman–Crippen LogP) is 1.24. The number of aromatic amines is 1. The molecule has 0 bridgehead atoms. The smallest absolute Gasteiger partial charge is 0.220 e. The van der Waals surface area contributed by atoms with E-state index in [2.05, 4.69) is 30.2 Å². The van der Waals surface area contributed by atoms with Gasteiger partial charge in [0.2, 0.25) is 5.91 Å². The number of H-pyrrole nitrogens is 1. The molecule has 7 nitrogen and oxygen atoms in total. The molecule has 21 heavy (non-hydrogen) atoms. The third-order valence-electron chi connectivity index (χ3n) is 3.77. The van der Waals surface area contributed by atoms with Crippen molar-refractivity contribution in [2.24, 2.45) is 0 Å². The fraction of sp³-hybridized carbons (Fsp3) is 0.571. The highest BCUT2D eigenvalue weighted by Crippen LogP contribution is 2.23. The van der Waals surface area contributed by atoms with Gasteiger partial charge in [-0.2, -0.15) is 0 Å². The summed E-state index contributed by atoms with van der Waals surface area (Å²) in [5.41, 5.74) is 1.54. The normalized spacial score (nSPS) is 18.9. The molecular formula is C14H20N6O. The van der Waals surface area contributed by atoms with Crippen molar-refractivity contribution >= 4 is 22.9 Å². The van der Waals surface area contributed by atoms with Gasteiger partial charge in [0, 0.05) is 25.6 Å². The van der Waals surface area contributed by atoms with E-state index < -0.39 is 0 Å². The Morgan fingerprint density at radius 3 is 3.24 bits per heavy atom. The summed E-state index contributed by atoms with van der Waals surface area (Å²) in [4.78, 5) is 29.7. The number of rotatable bonds is 4. The summed E-state index contributed by atoms with van der Waals surface area (Å²) in [7, 11) is 0. The monoisotopic (exact) mass is 288 g/mol. The quantitative estimate of drug-likeness (QED) is 0.884. The van der Waals surface area contributed by atoms with Gasteiger partial charge in [-0.15, -0.1) is 0 Å². The Labute approximate surface area is 123 Å². The van der Waals surface area contributed by atoms with Crippen molar-refractivity contribution in [2.45, 2.75) is 38.6 Å². The first-order chi connectivity index (χ1) is 10.3. The van der Waals surface area contributed by atoms with Crippen LogP contribution in [0.2, 0.25) is 0 Å². The number of piperidine rings is 1. The van der Waals surface area contributed by atoms with Gasteiger partial charge >= 0.3 is 0 Å². The van der Waals surface area contributed by atoms with Crippen LogP contribution in [0.25, 0.3) is 11.2 Å². The summed E-state index contributed by atoms with van der Waals surface area (Å²) in [6.07, 6.45) is 6.70. The molecule has 1 aliphatic heterocycles. The predicted molar refractivity (Wildman–Crippen MR) is 80.0 cm³/mol. The average molecular weight is 288 g/mol. The number of amides is 1. The Hall–Kier alpha value is -2.18. The highest BCUT2D eigenvalue weighted by molar-refractivity contribution is 5.82. The largest absolute Gasteiger partial charge is 0.353 e. The van der Waals surface area contributed by atoms with E-state index in [1.54, 1.807) is 6.33 Å². The van der Waals surface area contributed by atoms with Crippen LogP contribution >= 0.6 is 0 Å². The number of fused-ring (bicyclic) bond motifs is 1. The average Bonchev–Trinajstić information content (AvgIpc) is 2.96. The molecule has 0 saturated carbocycles. The summed E-state index contributed by atoms with van der Waals surface area (Å²) in [5.74, 6) is 1.01. The lowest BCUT2D eigenvalue weighted by molar-refractivity contribution is -0.121. The molecule has 3 rings (SSSR count). The van der Waals surface area contributed by atoms with Crippen LogP contribution in [-0.2, 0) is 4.79 Å². The highest BCUT2D eigenvalue weighted by Gasteiger charge is 2.23. The van der Waals surface area contributed by atoms with Gasteiger partial charge in [0.25, 0.3) is 0 Å². The molecule has 2 N–H and O–H groups in total. The molecule has 1 fully saturated rings. The van der Waals surface area contributed by atoms with E-state index >= 15 is 0 Å². The number of imidazole rings is 1. The lowest BCUT2D eigenvalue weighted by Gasteiger charge is -2.34. The van der Waals surface area contributed by atoms with Crippen LogP contribution in [-0.4, -0.2) is 45.0 Å². The Morgan fingerprint density at radius 2 is 2.38 bits per heavy atom. The van der Waals surface area contributed by atoms with E-state index in [-0.39, 0.29) is 11.9 Å². The number of aromatic nitrogens is 4. The maximum Gasteiger partial charge on any atom is 0.220 e. The fourth-order valence-corrected chi connectivity index (χ4v) is 2.81. The minimum atomic E-state index is 0.138. The van der Waals surface area contributed by atoms with Crippen molar-refractivity contribution in [1.82, 2.24) is 25.3 Å². The van der Waals surface area contributed by atoms with E-state index in [0.29, 0.717) is 12.1 Å². The first kappa shape index (κ1) is 13.8. The number of carbonyl (C=O) groups is 1. The van der Waals surface area contributed by atoms with Crippen LogP contribution in [0.15, 0.2) is 12.7 Å². The van der Waals surface area contributed by atoms with Crippen molar-refractivity contribution in [1.29, 1.82) is 0 Å². The van der Waals surface area contributed by atoms with Gasteiger partial charge in [0.05, 0.1) is 6.33 Å². The molecule has 2 aromatic heterocycles. The van der Waals surface area contributed by atoms with Crippen LogP contribution in [0.3, 0.4) is 0 Å². The second kappa shape index (κ2) is 6.07. The van der Waals surface area contributed by atoms with Crippen molar-refractivity contribution in [3.05, 3.63) is 12.7 Å². The van der Waals surface area contributed by atoms with Gasteiger partial charge in [-0.3, -0.25) is 4.79 Å². The third-order valence-corrected chi connectivity index (χ3v) is 3.77. The van der Waals surface area contributed by atoms with E-state index in [9.17, 15) is 4.79 Å². The third kappa shape index (κ3) is 2.96. The Kier molecular flexibility index (Phi) is 3.98. The molecule has 0 aliphatic carbocycles. The maximum absolute atomic E-state index is 11.8. The van der Waals surface area contributed by atoms with Crippen LogP contribution in [0.1, 0.15) is 32.6 Å². The number of hydrogen-bond acceptors (Lipinski definition) is 5. The SMILES string of the molecule is CCCC(=O)NC1CCCN(c2ncnc3nc[nH]c23)C1. The minimum absolute atomic E-state index is 0.138. The molecule has 3 heterocycles. The molecule has 2 aromatic rings. The van der Waals surface area contributed by atoms with E-state index in [4.69, 9.17) is 0 Å². The zero-order valence-corrected chi connectivity index (χ0v) is 12.2. The van der Waals surface area contributed by atoms with Gasteiger partial charge in [-0.25, -0.2) is 15.0 Å². The highest BCUT2D eigenvalue weighted by atomic mass is 16.1. The van der Waals surface area contributed by atoms with E-state index in [1.165, 1.54) is 6.33 Å². The Morgan fingerprint density at radius 1 is 1.48 bits per heavy atom. The molecule has 0 spiro atoms. The van der Waals surface area contributed by atoms with Crippen LogP contribution in [0, 0.1) is 0 Å². The first-order valence-corrected chi connectivity index (χ1v) is 7.46. The number of anilines is 1. The first-order valence-electron chi connectivity index (χ1n) is 7.46. The van der Waals surface area contributed by atoms with Crippen LogP contribution in [0.4, 0.5) is 5.82 Å². The Bertz CT molecular complexity index is 625. The number of nitrogens with one attached hydrogen (secondary N) is 2. The lowest BCUT2D eigenvalue weighted by Crippen LogP contribution is -2.48. The van der Waals surface area contributed by atoms with E-state index in [0.717, 1.165) is 43.7 Å². The van der Waals surface area contributed by atoms with Crippen molar-refractivity contribution < 1.29 is 4.79 Å². The number of hydrogen-bond donors (Lipinski definition) is 2. The molecule has 1 aliphatic rings. The van der Waals surface area contributed by atoms with Crippen LogP contribution < -0.4 is 10.2 Å². The Balaban J connectivity index is 1.74. The topological polar surface area (TPSA) is 86.8 Å². The second-order valence-corrected chi connectivity index (χ2v) is 5.40.